The Balaban J connectivity index is 1.42. The fraction of sp³-hybridized carbons (Fsp3) is 0.579. The maximum absolute atomic E-state index is 12.1. The second-order valence-electron chi connectivity index (χ2n) is 7.29. The minimum atomic E-state index is -0.146. The predicted octanol–water partition coefficient (Wildman–Crippen LogP) is 2.27. The van der Waals surface area contributed by atoms with Gasteiger partial charge in [0.25, 0.3) is 0 Å². The average Bonchev–Trinajstić information content (AvgIpc) is 2.95. The second-order valence-corrected chi connectivity index (χ2v) is 7.29. The number of carbonyl (C=O) groups excluding carboxylic acids is 2. The van der Waals surface area contributed by atoms with E-state index in [2.05, 4.69) is 27.8 Å². The maximum atomic E-state index is 12.1. The van der Waals surface area contributed by atoms with Crippen LogP contribution in [0.4, 0.5) is 10.5 Å². The van der Waals surface area contributed by atoms with E-state index in [9.17, 15) is 9.59 Å². The molecule has 136 valence electrons. The summed E-state index contributed by atoms with van der Waals surface area (Å²) < 4.78 is 0. The van der Waals surface area contributed by atoms with E-state index in [1.54, 1.807) is 0 Å². The summed E-state index contributed by atoms with van der Waals surface area (Å²) in [5, 5.41) is 8.74. The lowest BCUT2D eigenvalue weighted by atomic mass is 9.99. The van der Waals surface area contributed by atoms with Crippen molar-refractivity contribution in [1.29, 1.82) is 0 Å². The number of rotatable bonds is 5. The molecule has 0 aromatic heterocycles. The molecule has 3 rings (SSSR count). The topological polar surface area (TPSA) is 73.5 Å². The van der Waals surface area contributed by atoms with Gasteiger partial charge in [0.15, 0.2) is 0 Å². The molecule has 0 bridgehead atoms. The number of nitrogens with zero attached hydrogens (tertiary/aromatic N) is 1. The van der Waals surface area contributed by atoms with Crippen molar-refractivity contribution >= 4 is 17.6 Å². The number of amides is 3. The third kappa shape index (κ3) is 4.72. The van der Waals surface area contributed by atoms with E-state index in [1.807, 2.05) is 25.1 Å². The van der Waals surface area contributed by atoms with Crippen molar-refractivity contribution in [2.45, 2.75) is 39.2 Å². The largest absolute Gasteiger partial charge is 0.337 e. The number of piperidine rings is 1. The summed E-state index contributed by atoms with van der Waals surface area (Å²) in [4.78, 5) is 25.9. The molecule has 1 aromatic rings. The van der Waals surface area contributed by atoms with E-state index in [0.29, 0.717) is 13.0 Å². The van der Waals surface area contributed by atoms with Gasteiger partial charge in [0.1, 0.15) is 0 Å². The Labute approximate surface area is 149 Å². The quantitative estimate of drug-likeness (QED) is 0.767. The number of hydrogen-bond acceptors (Lipinski definition) is 3. The second kappa shape index (κ2) is 7.87. The Morgan fingerprint density at radius 3 is 2.88 bits per heavy atom. The zero-order valence-electron chi connectivity index (χ0n) is 15.1. The molecule has 0 saturated carbocycles. The van der Waals surface area contributed by atoms with Gasteiger partial charge in [0, 0.05) is 18.8 Å². The molecule has 2 heterocycles. The monoisotopic (exact) mass is 344 g/mol. The third-order valence-corrected chi connectivity index (χ3v) is 5.19. The molecule has 25 heavy (non-hydrogen) atoms. The van der Waals surface area contributed by atoms with Gasteiger partial charge in [-0.1, -0.05) is 19.1 Å². The molecule has 1 aromatic carbocycles. The molecule has 3 N–H and O–H groups in total. The lowest BCUT2D eigenvalue weighted by molar-refractivity contribution is -0.115. The van der Waals surface area contributed by atoms with Crippen LogP contribution in [0.1, 0.15) is 43.9 Å². The van der Waals surface area contributed by atoms with Crippen LogP contribution in [0, 0.1) is 5.92 Å². The highest BCUT2D eigenvalue weighted by atomic mass is 16.2. The number of nitrogens with one attached hydrogen (secondary N) is 3. The molecular formula is C19H28N4O2. The lowest BCUT2D eigenvalue weighted by Crippen LogP contribution is -2.43. The van der Waals surface area contributed by atoms with Crippen molar-refractivity contribution in [3.8, 4) is 0 Å². The van der Waals surface area contributed by atoms with Crippen molar-refractivity contribution in [2.75, 3.05) is 31.5 Å². The van der Waals surface area contributed by atoms with E-state index in [1.165, 1.54) is 12.8 Å². The molecule has 0 unspecified atom stereocenters. The Bertz CT molecular complexity index is 638. The van der Waals surface area contributed by atoms with Gasteiger partial charge in [-0.3, -0.25) is 4.79 Å². The number of carbonyl (C=O) groups is 2. The van der Waals surface area contributed by atoms with Crippen LogP contribution in [0.3, 0.4) is 0 Å². The first-order valence-corrected chi connectivity index (χ1v) is 9.20. The fourth-order valence-corrected chi connectivity index (χ4v) is 3.46. The summed E-state index contributed by atoms with van der Waals surface area (Å²) in [6, 6.07) is 5.60. The van der Waals surface area contributed by atoms with Crippen LogP contribution in [0.25, 0.3) is 0 Å². The van der Waals surface area contributed by atoms with Crippen LogP contribution in [-0.4, -0.2) is 43.0 Å². The van der Waals surface area contributed by atoms with Crippen LogP contribution in [0.15, 0.2) is 18.2 Å². The van der Waals surface area contributed by atoms with Crippen LogP contribution in [0.5, 0.6) is 0 Å². The third-order valence-electron chi connectivity index (χ3n) is 5.19. The minimum Gasteiger partial charge on any atom is -0.337 e. The fourth-order valence-electron chi connectivity index (χ4n) is 3.46. The van der Waals surface area contributed by atoms with Crippen LogP contribution in [-0.2, 0) is 11.2 Å². The Morgan fingerprint density at radius 2 is 2.12 bits per heavy atom. The molecule has 0 aliphatic carbocycles. The van der Waals surface area contributed by atoms with Crippen molar-refractivity contribution in [2.24, 2.45) is 5.92 Å². The molecule has 0 spiro atoms. The molecule has 3 amide bonds. The molecule has 6 nitrogen and oxygen atoms in total. The van der Waals surface area contributed by atoms with Crippen LogP contribution < -0.4 is 16.0 Å². The van der Waals surface area contributed by atoms with Crippen LogP contribution >= 0.6 is 0 Å². The summed E-state index contributed by atoms with van der Waals surface area (Å²) in [7, 11) is 0. The number of benzene rings is 1. The number of hydrogen-bond donors (Lipinski definition) is 3. The van der Waals surface area contributed by atoms with Crippen molar-refractivity contribution in [3.63, 3.8) is 0 Å². The van der Waals surface area contributed by atoms with Gasteiger partial charge in [-0.05, 0) is 56.0 Å². The number of likely N-dealkylation sites (tertiary alicyclic amines) is 1. The smallest absolute Gasteiger partial charge is 0.315 e. The first-order chi connectivity index (χ1) is 12.0. The molecule has 1 fully saturated rings. The number of urea groups is 1. The Morgan fingerprint density at radius 1 is 1.36 bits per heavy atom. The van der Waals surface area contributed by atoms with Crippen LogP contribution in [0.2, 0.25) is 0 Å². The van der Waals surface area contributed by atoms with E-state index in [0.717, 1.165) is 42.4 Å². The normalized spacial score (nSPS) is 19.2. The van der Waals surface area contributed by atoms with Gasteiger partial charge in [-0.2, -0.15) is 0 Å². The van der Waals surface area contributed by atoms with E-state index >= 15 is 0 Å². The molecule has 0 radical (unpaired) electrons. The molecule has 1 saturated heterocycles. The van der Waals surface area contributed by atoms with E-state index in [-0.39, 0.29) is 18.0 Å². The first kappa shape index (κ1) is 17.7. The van der Waals surface area contributed by atoms with Crippen molar-refractivity contribution in [1.82, 2.24) is 15.5 Å². The molecule has 2 aliphatic rings. The highest BCUT2D eigenvalue weighted by molar-refractivity contribution is 5.99. The van der Waals surface area contributed by atoms with Gasteiger partial charge in [-0.15, -0.1) is 0 Å². The first-order valence-electron chi connectivity index (χ1n) is 9.20. The number of fused-ring (bicyclic) bond motifs is 1. The van der Waals surface area contributed by atoms with Gasteiger partial charge in [-0.25, -0.2) is 4.79 Å². The van der Waals surface area contributed by atoms with Gasteiger partial charge in [0.2, 0.25) is 5.91 Å². The SMILES string of the molecule is CC1CCN(CCNC(=O)N[C@@H](C)c2ccc3c(c2)CC(=O)N3)CC1. The minimum absolute atomic E-state index is 0.0256. The highest BCUT2D eigenvalue weighted by Gasteiger charge is 2.19. The molecule has 6 heteroatoms. The Hall–Kier alpha value is -2.08. The molecule has 2 aliphatic heterocycles. The van der Waals surface area contributed by atoms with Crippen molar-refractivity contribution < 1.29 is 9.59 Å². The maximum Gasteiger partial charge on any atom is 0.315 e. The predicted molar refractivity (Wildman–Crippen MR) is 98.6 cm³/mol. The summed E-state index contributed by atoms with van der Waals surface area (Å²) in [6.07, 6.45) is 2.91. The van der Waals surface area contributed by atoms with Gasteiger partial charge >= 0.3 is 6.03 Å². The summed E-state index contributed by atoms with van der Waals surface area (Å²) >= 11 is 0. The zero-order valence-corrected chi connectivity index (χ0v) is 15.1. The standard InChI is InChI=1S/C19H28N4O2/c1-13-5-8-23(9-6-13)10-7-20-19(25)21-14(2)15-3-4-17-16(11-15)12-18(24)22-17/h3-4,11,13-14H,5-10,12H2,1-2H3,(H,22,24)(H2,20,21,25)/t14-/m0/s1. The van der Waals surface area contributed by atoms with E-state index < -0.39 is 0 Å². The number of anilines is 1. The summed E-state index contributed by atoms with van der Waals surface area (Å²) in [5.41, 5.74) is 2.88. The van der Waals surface area contributed by atoms with Gasteiger partial charge in [0.05, 0.1) is 12.5 Å². The average molecular weight is 344 g/mol. The lowest BCUT2D eigenvalue weighted by Gasteiger charge is -2.30. The summed E-state index contributed by atoms with van der Waals surface area (Å²) in [5.74, 6) is 0.851. The molecular weight excluding hydrogens is 316 g/mol. The Kier molecular flexibility index (Phi) is 5.58. The van der Waals surface area contributed by atoms with E-state index in [4.69, 9.17) is 0 Å². The van der Waals surface area contributed by atoms with Gasteiger partial charge < -0.3 is 20.9 Å². The van der Waals surface area contributed by atoms with Crippen molar-refractivity contribution in [3.05, 3.63) is 29.3 Å². The molecule has 1 atom stereocenters. The highest BCUT2D eigenvalue weighted by Crippen LogP contribution is 2.26. The zero-order chi connectivity index (χ0) is 17.8. The summed E-state index contributed by atoms with van der Waals surface area (Å²) in [6.45, 7) is 8.08.